The molecule has 4 rings (SSSR count). The standard InChI is InChI=1S/C36H55NO7/c1-20(19-38)21(2)31(41)32(44-25(6)40)23(4)30-28(43-24(5)39)18-36(10)29-13-12-26-22(3)27(37-42-11)14-15-33(26,7)34(29,8)16-17-35(30,36)9/h14-15,20,22-23,26,28-30,32,38H,2,12-13,16-19H2,1,3-11H3/b37-27+/t20-,22-,23-,26-,28-,29+,30-,32+,33-,34+,35+,36-/m0/s1. The lowest BCUT2D eigenvalue weighted by Crippen LogP contribution is -2.63. The largest absolute Gasteiger partial charge is 0.462 e. The predicted octanol–water partition coefficient (Wildman–Crippen LogP) is 6.31. The van der Waals surface area contributed by atoms with Crippen LogP contribution in [-0.2, 0) is 28.7 Å². The van der Waals surface area contributed by atoms with Gasteiger partial charge in [-0.2, -0.15) is 0 Å². The molecule has 4 aliphatic rings. The summed E-state index contributed by atoms with van der Waals surface area (Å²) in [4.78, 5) is 43.9. The van der Waals surface area contributed by atoms with Crippen LogP contribution in [-0.4, -0.2) is 54.5 Å². The number of ether oxygens (including phenoxy) is 2. The third-order valence-corrected chi connectivity index (χ3v) is 13.5. The minimum Gasteiger partial charge on any atom is -0.462 e. The second kappa shape index (κ2) is 12.0. The molecule has 44 heavy (non-hydrogen) atoms. The van der Waals surface area contributed by atoms with E-state index in [2.05, 4.69) is 58.5 Å². The third-order valence-electron chi connectivity index (χ3n) is 13.5. The van der Waals surface area contributed by atoms with Crippen molar-refractivity contribution >= 4 is 23.4 Å². The predicted molar refractivity (Wildman–Crippen MR) is 169 cm³/mol. The van der Waals surface area contributed by atoms with Crippen LogP contribution in [0.5, 0.6) is 0 Å². The number of hydrogen-bond donors (Lipinski definition) is 1. The maximum Gasteiger partial charge on any atom is 0.303 e. The number of allylic oxidation sites excluding steroid dienone is 2. The molecule has 0 bridgehead atoms. The highest BCUT2D eigenvalue weighted by Gasteiger charge is 2.73. The van der Waals surface area contributed by atoms with Gasteiger partial charge in [-0.1, -0.05) is 66.3 Å². The van der Waals surface area contributed by atoms with Gasteiger partial charge in [0.25, 0.3) is 0 Å². The lowest BCUT2D eigenvalue weighted by Gasteiger charge is -2.69. The maximum absolute atomic E-state index is 13.8. The molecule has 246 valence electrons. The topological polar surface area (TPSA) is 111 Å². The van der Waals surface area contributed by atoms with Gasteiger partial charge in [0.2, 0.25) is 0 Å². The van der Waals surface area contributed by atoms with Crippen molar-refractivity contribution in [2.75, 3.05) is 13.7 Å². The monoisotopic (exact) mass is 613 g/mol. The van der Waals surface area contributed by atoms with E-state index in [1.165, 1.54) is 13.8 Å². The van der Waals surface area contributed by atoms with Crippen LogP contribution in [0, 0.1) is 57.2 Å². The zero-order valence-corrected chi connectivity index (χ0v) is 28.6. The number of ketones is 1. The van der Waals surface area contributed by atoms with Crippen LogP contribution < -0.4 is 0 Å². The molecule has 0 amide bonds. The summed E-state index contributed by atoms with van der Waals surface area (Å²) in [7, 11) is 1.60. The molecule has 1 N–H and O–H groups in total. The fourth-order valence-corrected chi connectivity index (χ4v) is 10.8. The Morgan fingerprint density at radius 3 is 2.25 bits per heavy atom. The Balaban J connectivity index is 1.79. The van der Waals surface area contributed by atoms with E-state index in [4.69, 9.17) is 14.3 Å². The first-order valence-corrected chi connectivity index (χ1v) is 16.4. The van der Waals surface area contributed by atoms with Crippen LogP contribution in [0.15, 0.2) is 29.5 Å². The number of Topliss-reactive ketones (excluding diaryl/α,β-unsaturated/α-hetero) is 1. The lowest BCUT2D eigenvalue weighted by atomic mass is 9.35. The van der Waals surface area contributed by atoms with E-state index in [1.54, 1.807) is 14.0 Å². The minimum atomic E-state index is -1.08. The van der Waals surface area contributed by atoms with E-state index in [1.807, 2.05) is 6.92 Å². The van der Waals surface area contributed by atoms with Crippen molar-refractivity contribution in [3.63, 3.8) is 0 Å². The summed E-state index contributed by atoms with van der Waals surface area (Å²) in [6.07, 6.45) is 7.70. The van der Waals surface area contributed by atoms with Gasteiger partial charge in [-0.25, -0.2) is 0 Å². The zero-order chi connectivity index (χ0) is 33.0. The molecule has 8 heteroatoms. The molecule has 0 aromatic rings. The molecule has 0 aromatic heterocycles. The van der Waals surface area contributed by atoms with Crippen LogP contribution in [0.1, 0.15) is 94.4 Å². The van der Waals surface area contributed by atoms with Gasteiger partial charge in [-0.3, -0.25) is 14.4 Å². The summed E-state index contributed by atoms with van der Waals surface area (Å²) in [5.41, 5.74) is 0.660. The third kappa shape index (κ3) is 5.07. The molecule has 0 heterocycles. The number of aliphatic hydroxyl groups is 1. The molecule has 3 saturated carbocycles. The zero-order valence-electron chi connectivity index (χ0n) is 28.6. The Hall–Kier alpha value is -2.48. The first-order chi connectivity index (χ1) is 20.4. The molecule has 0 unspecified atom stereocenters. The molecule has 8 nitrogen and oxygen atoms in total. The molecule has 12 atom stereocenters. The summed E-state index contributed by atoms with van der Waals surface area (Å²) < 4.78 is 11.9. The Morgan fingerprint density at radius 2 is 1.68 bits per heavy atom. The van der Waals surface area contributed by atoms with E-state index in [0.29, 0.717) is 18.3 Å². The number of aliphatic hydroxyl groups excluding tert-OH is 1. The van der Waals surface area contributed by atoms with E-state index < -0.39 is 30.0 Å². The highest BCUT2D eigenvalue weighted by Crippen LogP contribution is 2.77. The Morgan fingerprint density at radius 1 is 1.05 bits per heavy atom. The minimum absolute atomic E-state index is 0.0115. The van der Waals surface area contributed by atoms with Crippen molar-refractivity contribution in [1.82, 2.24) is 0 Å². The molecule has 4 aliphatic carbocycles. The first-order valence-electron chi connectivity index (χ1n) is 16.4. The van der Waals surface area contributed by atoms with E-state index in [9.17, 15) is 19.5 Å². The fraction of sp³-hybridized carbons (Fsp3) is 0.778. The average molecular weight is 614 g/mol. The number of carbonyl (C=O) groups excluding carboxylic acids is 3. The van der Waals surface area contributed by atoms with E-state index in [0.717, 1.165) is 31.4 Å². The van der Waals surface area contributed by atoms with Gasteiger partial charge in [0, 0.05) is 44.1 Å². The molecule has 0 aromatic carbocycles. The van der Waals surface area contributed by atoms with E-state index >= 15 is 0 Å². The van der Waals surface area contributed by atoms with Gasteiger partial charge in [0.1, 0.15) is 13.2 Å². The van der Waals surface area contributed by atoms with Gasteiger partial charge in [0.15, 0.2) is 11.9 Å². The second-order valence-corrected chi connectivity index (χ2v) is 15.3. The summed E-state index contributed by atoms with van der Waals surface area (Å²) in [5, 5.41) is 14.1. The van der Waals surface area contributed by atoms with Gasteiger partial charge in [-0.15, -0.1) is 0 Å². The SMILES string of the molecule is C=C(C(=O)[C@H](OC(C)=O)[C@@H](C)[C@H]1[C@@H](OC(C)=O)C[C@@]2(C)[C@@H]3CC[C@H]4[C@H](C)/C(=N/OC)C=C[C@]4(C)[C@]3(C)CC[C@]12C)[C@@H](C)CO. The first kappa shape index (κ1) is 34.4. The van der Waals surface area contributed by atoms with Gasteiger partial charge < -0.3 is 19.4 Å². The van der Waals surface area contributed by atoms with E-state index in [-0.39, 0.29) is 57.4 Å². The van der Waals surface area contributed by atoms with Gasteiger partial charge >= 0.3 is 11.9 Å². The van der Waals surface area contributed by atoms with Crippen molar-refractivity contribution in [3.05, 3.63) is 24.3 Å². The van der Waals surface area contributed by atoms with Crippen molar-refractivity contribution in [3.8, 4) is 0 Å². The maximum atomic E-state index is 13.8. The quantitative estimate of drug-likeness (QED) is 0.184. The number of nitrogens with zero attached hydrogens (tertiary/aromatic N) is 1. The number of carbonyl (C=O) groups is 3. The summed E-state index contributed by atoms with van der Waals surface area (Å²) in [6, 6.07) is 0. The summed E-state index contributed by atoms with van der Waals surface area (Å²) >= 11 is 0. The van der Waals surface area contributed by atoms with Crippen LogP contribution in [0.25, 0.3) is 0 Å². The number of hydrogen-bond acceptors (Lipinski definition) is 8. The summed E-state index contributed by atoms with van der Waals surface area (Å²) in [6.45, 7) is 22.0. The summed E-state index contributed by atoms with van der Waals surface area (Å²) in [5.74, 6) is -1.35. The Kier molecular flexibility index (Phi) is 9.41. The highest BCUT2D eigenvalue weighted by atomic mass is 16.6. The Labute approximate surface area is 264 Å². The van der Waals surface area contributed by atoms with Crippen LogP contribution in [0.2, 0.25) is 0 Å². The van der Waals surface area contributed by atoms with Gasteiger partial charge in [-0.05, 0) is 77.2 Å². The number of fused-ring (bicyclic) bond motifs is 5. The average Bonchev–Trinajstić information content (AvgIpc) is 3.17. The fourth-order valence-electron chi connectivity index (χ4n) is 10.8. The van der Waals surface area contributed by atoms with Crippen molar-refractivity contribution in [2.24, 2.45) is 62.3 Å². The molecular weight excluding hydrogens is 558 g/mol. The van der Waals surface area contributed by atoms with Crippen molar-refractivity contribution in [2.45, 2.75) is 107 Å². The smallest absolute Gasteiger partial charge is 0.303 e. The number of oxime groups is 1. The number of esters is 2. The van der Waals surface area contributed by atoms with Crippen LogP contribution in [0.3, 0.4) is 0 Å². The molecule has 3 fully saturated rings. The normalized spacial score (nSPS) is 42.2. The molecule has 0 saturated heterocycles. The van der Waals surface area contributed by atoms with Gasteiger partial charge in [0.05, 0.1) is 5.71 Å². The van der Waals surface area contributed by atoms with Crippen LogP contribution >= 0.6 is 0 Å². The second-order valence-electron chi connectivity index (χ2n) is 15.3. The molecule has 0 spiro atoms. The molecule has 0 radical (unpaired) electrons. The molecular formula is C36H55NO7. The Bertz CT molecular complexity index is 1240. The number of rotatable bonds is 9. The van der Waals surface area contributed by atoms with Crippen molar-refractivity contribution < 1.29 is 33.8 Å². The van der Waals surface area contributed by atoms with Crippen molar-refractivity contribution in [1.29, 1.82) is 0 Å². The molecule has 0 aliphatic heterocycles. The van der Waals surface area contributed by atoms with Crippen LogP contribution in [0.4, 0.5) is 0 Å². The lowest BCUT2D eigenvalue weighted by molar-refractivity contribution is -0.194. The highest BCUT2D eigenvalue weighted by molar-refractivity contribution is 6.00.